The van der Waals surface area contributed by atoms with E-state index in [-0.39, 0.29) is 10.8 Å². The molecule has 1 atom stereocenters. The Balaban J connectivity index is 3.28. The number of alkyl halides is 1. The smallest absolute Gasteiger partial charge is 0.122 e. The first-order valence-corrected chi connectivity index (χ1v) is 6.10. The molecule has 0 aliphatic heterocycles. The Morgan fingerprint density at radius 1 is 1.40 bits per heavy atom. The van der Waals surface area contributed by atoms with Gasteiger partial charge in [-0.1, -0.05) is 29.8 Å². The van der Waals surface area contributed by atoms with Crippen molar-refractivity contribution in [1.82, 2.24) is 0 Å². The Morgan fingerprint density at radius 2 is 2.00 bits per heavy atom. The molecule has 1 nitrogen and oxygen atoms in total. The van der Waals surface area contributed by atoms with Crippen LogP contribution in [0.2, 0.25) is 0 Å². The summed E-state index contributed by atoms with van der Waals surface area (Å²) in [5.74, 6) is 0.885. The first-order valence-electron chi connectivity index (χ1n) is 4.87. The highest BCUT2D eigenvalue weighted by Gasteiger charge is 2.29. The van der Waals surface area contributed by atoms with Gasteiger partial charge in [-0.05, 0) is 25.1 Å². The van der Waals surface area contributed by atoms with Crippen LogP contribution in [0.15, 0.2) is 22.7 Å². The molecular formula is C12H16BrClO. The average Bonchev–Trinajstić information content (AvgIpc) is 2.17. The molecule has 15 heavy (non-hydrogen) atoms. The van der Waals surface area contributed by atoms with Crippen molar-refractivity contribution in [2.75, 3.05) is 7.11 Å². The highest BCUT2D eigenvalue weighted by Crippen LogP contribution is 2.37. The maximum atomic E-state index is 6.21. The van der Waals surface area contributed by atoms with E-state index in [1.165, 1.54) is 0 Å². The second-order valence-electron chi connectivity index (χ2n) is 4.18. The van der Waals surface area contributed by atoms with Gasteiger partial charge in [-0.25, -0.2) is 0 Å². The van der Waals surface area contributed by atoms with Crippen molar-refractivity contribution < 1.29 is 4.74 Å². The normalized spacial score (nSPS) is 13.7. The lowest BCUT2D eigenvalue weighted by molar-refractivity contribution is 0.390. The Labute approximate surface area is 105 Å². The Bertz CT molecular complexity index is 347. The first kappa shape index (κ1) is 12.9. The second-order valence-corrected chi connectivity index (χ2v) is 5.75. The number of halogens is 2. The summed E-state index contributed by atoms with van der Waals surface area (Å²) in [5.41, 5.74) is 1.01. The van der Waals surface area contributed by atoms with Crippen LogP contribution in [0.25, 0.3) is 0 Å². The number of benzene rings is 1. The molecule has 0 aliphatic rings. The van der Waals surface area contributed by atoms with Crippen LogP contribution < -0.4 is 4.74 Å². The Hall–Kier alpha value is -0.210. The summed E-state index contributed by atoms with van der Waals surface area (Å²) in [7, 11) is 1.68. The SMILES string of the molecule is COc1ccc(Br)cc1C(C)(C)C(C)Cl. The molecule has 0 spiro atoms. The fourth-order valence-corrected chi connectivity index (χ4v) is 1.88. The van der Waals surface area contributed by atoms with Gasteiger partial charge in [-0.15, -0.1) is 11.6 Å². The molecule has 0 heterocycles. The highest BCUT2D eigenvalue weighted by molar-refractivity contribution is 9.10. The van der Waals surface area contributed by atoms with Gasteiger partial charge in [0.15, 0.2) is 0 Å². The first-order chi connectivity index (χ1) is 6.89. The summed E-state index contributed by atoms with van der Waals surface area (Å²) >= 11 is 9.68. The Morgan fingerprint density at radius 3 is 2.47 bits per heavy atom. The summed E-state index contributed by atoms with van der Waals surface area (Å²) in [4.78, 5) is 0. The minimum absolute atomic E-state index is 0.0423. The number of ether oxygens (including phenoxy) is 1. The van der Waals surface area contributed by atoms with E-state index in [2.05, 4.69) is 35.8 Å². The third-order valence-electron chi connectivity index (χ3n) is 2.85. The van der Waals surface area contributed by atoms with Crippen molar-refractivity contribution in [3.05, 3.63) is 28.2 Å². The summed E-state index contributed by atoms with van der Waals surface area (Å²) in [6.45, 7) is 6.24. The third kappa shape index (κ3) is 2.67. The van der Waals surface area contributed by atoms with Gasteiger partial charge in [-0.3, -0.25) is 0 Å². The molecule has 0 N–H and O–H groups in total. The van der Waals surface area contributed by atoms with E-state index < -0.39 is 0 Å². The van der Waals surface area contributed by atoms with Crippen molar-refractivity contribution in [2.45, 2.75) is 31.6 Å². The van der Waals surface area contributed by atoms with Crippen LogP contribution in [0, 0.1) is 0 Å². The summed E-state index contributed by atoms with van der Waals surface area (Å²) in [6.07, 6.45) is 0. The zero-order valence-electron chi connectivity index (χ0n) is 9.47. The van der Waals surface area contributed by atoms with E-state index >= 15 is 0 Å². The van der Waals surface area contributed by atoms with E-state index in [1.54, 1.807) is 7.11 Å². The van der Waals surface area contributed by atoms with Gasteiger partial charge >= 0.3 is 0 Å². The number of hydrogen-bond donors (Lipinski definition) is 0. The molecule has 0 amide bonds. The molecule has 0 saturated carbocycles. The summed E-state index contributed by atoms with van der Waals surface area (Å²) in [5, 5.41) is 0.0423. The second kappa shape index (κ2) is 4.75. The predicted molar refractivity (Wildman–Crippen MR) is 69.0 cm³/mol. The van der Waals surface area contributed by atoms with Gasteiger partial charge in [0.2, 0.25) is 0 Å². The van der Waals surface area contributed by atoms with E-state index in [9.17, 15) is 0 Å². The van der Waals surface area contributed by atoms with Crippen molar-refractivity contribution in [2.24, 2.45) is 0 Å². The lowest BCUT2D eigenvalue weighted by Crippen LogP contribution is -2.27. The number of hydrogen-bond acceptors (Lipinski definition) is 1. The summed E-state index contributed by atoms with van der Waals surface area (Å²) in [6, 6.07) is 6.00. The highest BCUT2D eigenvalue weighted by atomic mass is 79.9. The maximum absolute atomic E-state index is 6.21. The molecule has 0 aliphatic carbocycles. The predicted octanol–water partition coefficient (Wildman–Crippen LogP) is 4.36. The Kier molecular flexibility index (Phi) is 4.07. The number of methoxy groups -OCH3 is 1. The lowest BCUT2D eigenvalue weighted by atomic mass is 9.81. The van der Waals surface area contributed by atoms with Gasteiger partial charge in [-0.2, -0.15) is 0 Å². The monoisotopic (exact) mass is 290 g/mol. The minimum atomic E-state index is -0.114. The van der Waals surface area contributed by atoms with Crippen molar-refractivity contribution in [3.63, 3.8) is 0 Å². The van der Waals surface area contributed by atoms with Gasteiger partial charge in [0, 0.05) is 20.8 Å². The van der Waals surface area contributed by atoms with E-state index in [4.69, 9.17) is 16.3 Å². The molecule has 1 unspecified atom stereocenters. The van der Waals surface area contributed by atoms with E-state index in [0.29, 0.717) is 0 Å². The largest absolute Gasteiger partial charge is 0.496 e. The fraction of sp³-hybridized carbons (Fsp3) is 0.500. The molecule has 0 aromatic heterocycles. The molecule has 1 aromatic carbocycles. The zero-order valence-corrected chi connectivity index (χ0v) is 11.8. The quantitative estimate of drug-likeness (QED) is 0.752. The molecule has 0 radical (unpaired) electrons. The molecular weight excluding hydrogens is 275 g/mol. The van der Waals surface area contributed by atoms with Crippen molar-refractivity contribution in [1.29, 1.82) is 0 Å². The van der Waals surface area contributed by atoms with Crippen LogP contribution in [0.1, 0.15) is 26.3 Å². The average molecular weight is 292 g/mol. The standard InChI is InChI=1S/C12H16BrClO/c1-8(14)12(2,3)10-7-9(13)5-6-11(10)15-4/h5-8H,1-4H3. The molecule has 84 valence electrons. The maximum Gasteiger partial charge on any atom is 0.122 e. The van der Waals surface area contributed by atoms with Gasteiger partial charge in [0.05, 0.1) is 7.11 Å². The fourth-order valence-electron chi connectivity index (χ4n) is 1.40. The number of rotatable bonds is 3. The molecule has 0 saturated heterocycles. The molecule has 1 aromatic rings. The van der Waals surface area contributed by atoms with Gasteiger partial charge in [0.1, 0.15) is 5.75 Å². The van der Waals surface area contributed by atoms with Gasteiger partial charge < -0.3 is 4.74 Å². The van der Waals surface area contributed by atoms with Crippen LogP contribution in [-0.4, -0.2) is 12.5 Å². The molecule has 0 fully saturated rings. The van der Waals surface area contributed by atoms with Crippen LogP contribution in [-0.2, 0) is 5.41 Å². The lowest BCUT2D eigenvalue weighted by Gasteiger charge is -2.29. The van der Waals surface area contributed by atoms with Crippen molar-refractivity contribution >= 4 is 27.5 Å². The zero-order chi connectivity index (χ0) is 11.6. The summed E-state index contributed by atoms with van der Waals surface area (Å²) < 4.78 is 6.40. The van der Waals surface area contributed by atoms with E-state index in [1.807, 2.05) is 19.1 Å². The van der Waals surface area contributed by atoms with Crippen LogP contribution in [0.3, 0.4) is 0 Å². The van der Waals surface area contributed by atoms with Crippen molar-refractivity contribution in [3.8, 4) is 5.75 Å². The van der Waals surface area contributed by atoms with Gasteiger partial charge in [0.25, 0.3) is 0 Å². The molecule has 0 bridgehead atoms. The van der Waals surface area contributed by atoms with Crippen LogP contribution in [0.4, 0.5) is 0 Å². The molecule has 1 rings (SSSR count). The molecule has 3 heteroatoms. The minimum Gasteiger partial charge on any atom is -0.496 e. The third-order valence-corrected chi connectivity index (χ3v) is 3.89. The van der Waals surface area contributed by atoms with E-state index in [0.717, 1.165) is 15.8 Å². The topological polar surface area (TPSA) is 9.23 Å². The van der Waals surface area contributed by atoms with Crippen LogP contribution >= 0.6 is 27.5 Å². The van der Waals surface area contributed by atoms with Crippen LogP contribution in [0.5, 0.6) is 5.75 Å².